The van der Waals surface area contributed by atoms with Crippen molar-refractivity contribution in [2.24, 2.45) is 0 Å². The first-order valence-corrected chi connectivity index (χ1v) is 6.34. The third-order valence-electron chi connectivity index (χ3n) is 2.81. The molecule has 1 unspecified atom stereocenters. The molecule has 0 spiro atoms. The van der Waals surface area contributed by atoms with E-state index in [9.17, 15) is 5.11 Å². The highest BCUT2D eigenvalue weighted by Gasteiger charge is 2.14. The number of aliphatic hydroxyl groups is 1. The van der Waals surface area contributed by atoms with Crippen molar-refractivity contribution in [3.63, 3.8) is 0 Å². The van der Waals surface area contributed by atoms with Crippen molar-refractivity contribution in [1.29, 1.82) is 0 Å². The van der Waals surface area contributed by atoms with Gasteiger partial charge < -0.3 is 9.84 Å². The molecule has 0 aliphatic carbocycles. The van der Waals surface area contributed by atoms with Crippen molar-refractivity contribution in [1.82, 2.24) is 4.98 Å². The highest BCUT2D eigenvalue weighted by atomic mass is 79.9. The van der Waals surface area contributed by atoms with Crippen LogP contribution in [-0.4, -0.2) is 17.2 Å². The SMILES string of the molecule is COc1cncc(C(O)c2ccc(Br)cc2C)c1. The van der Waals surface area contributed by atoms with E-state index in [0.29, 0.717) is 5.75 Å². The number of benzene rings is 1. The zero-order valence-corrected chi connectivity index (χ0v) is 11.8. The number of methoxy groups -OCH3 is 1. The molecule has 1 N–H and O–H groups in total. The molecule has 0 aliphatic heterocycles. The van der Waals surface area contributed by atoms with E-state index in [1.807, 2.05) is 25.1 Å². The minimum absolute atomic E-state index is 0.640. The fourth-order valence-corrected chi connectivity index (χ4v) is 2.30. The molecule has 0 aliphatic rings. The van der Waals surface area contributed by atoms with Crippen LogP contribution in [0.1, 0.15) is 22.8 Å². The van der Waals surface area contributed by atoms with Crippen LogP contribution in [0.5, 0.6) is 5.75 Å². The monoisotopic (exact) mass is 307 g/mol. The highest BCUT2D eigenvalue weighted by Crippen LogP contribution is 2.28. The van der Waals surface area contributed by atoms with Gasteiger partial charge in [-0.05, 0) is 36.2 Å². The summed E-state index contributed by atoms with van der Waals surface area (Å²) in [7, 11) is 1.58. The number of rotatable bonds is 3. The summed E-state index contributed by atoms with van der Waals surface area (Å²) >= 11 is 3.41. The predicted molar refractivity (Wildman–Crippen MR) is 73.7 cm³/mol. The number of nitrogens with zero attached hydrogens (tertiary/aromatic N) is 1. The molecule has 2 rings (SSSR count). The van der Waals surface area contributed by atoms with Gasteiger partial charge in [-0.25, -0.2) is 0 Å². The van der Waals surface area contributed by atoms with Gasteiger partial charge in [0.1, 0.15) is 11.9 Å². The molecule has 4 heteroatoms. The molecule has 1 aromatic carbocycles. The molecule has 94 valence electrons. The molecule has 2 aromatic rings. The number of aryl methyl sites for hydroxylation is 1. The van der Waals surface area contributed by atoms with Crippen molar-refractivity contribution >= 4 is 15.9 Å². The standard InChI is InChI=1S/C14H14BrNO2/c1-9-5-11(15)3-4-13(9)14(17)10-6-12(18-2)8-16-7-10/h3-8,14,17H,1-2H3. The van der Waals surface area contributed by atoms with E-state index in [2.05, 4.69) is 20.9 Å². The molecule has 0 fully saturated rings. The number of hydrogen-bond donors (Lipinski definition) is 1. The maximum absolute atomic E-state index is 10.4. The number of pyridine rings is 1. The fourth-order valence-electron chi connectivity index (χ4n) is 1.82. The Hall–Kier alpha value is -1.39. The van der Waals surface area contributed by atoms with Gasteiger partial charge in [-0.15, -0.1) is 0 Å². The molecule has 0 saturated heterocycles. The van der Waals surface area contributed by atoms with Gasteiger partial charge in [0.05, 0.1) is 13.3 Å². The third-order valence-corrected chi connectivity index (χ3v) is 3.31. The van der Waals surface area contributed by atoms with Crippen LogP contribution in [-0.2, 0) is 0 Å². The van der Waals surface area contributed by atoms with Crippen LogP contribution in [0.4, 0.5) is 0 Å². The van der Waals surface area contributed by atoms with Gasteiger partial charge in [-0.1, -0.05) is 22.0 Å². The van der Waals surface area contributed by atoms with Crippen molar-refractivity contribution in [3.8, 4) is 5.75 Å². The molecule has 3 nitrogen and oxygen atoms in total. The summed E-state index contributed by atoms with van der Waals surface area (Å²) in [5.41, 5.74) is 2.62. The Balaban J connectivity index is 2.37. The second kappa shape index (κ2) is 5.50. The van der Waals surface area contributed by atoms with E-state index >= 15 is 0 Å². The second-order valence-electron chi connectivity index (χ2n) is 4.06. The minimum atomic E-state index is -0.694. The first-order chi connectivity index (χ1) is 8.61. The predicted octanol–water partition coefficient (Wildman–Crippen LogP) is 3.24. The summed E-state index contributed by atoms with van der Waals surface area (Å²) in [5.74, 6) is 0.640. The van der Waals surface area contributed by atoms with Gasteiger partial charge in [-0.2, -0.15) is 0 Å². The zero-order valence-electron chi connectivity index (χ0n) is 10.2. The Labute approximate surface area is 115 Å². The van der Waals surface area contributed by atoms with Crippen LogP contribution in [0.25, 0.3) is 0 Å². The number of aliphatic hydroxyl groups excluding tert-OH is 1. The van der Waals surface area contributed by atoms with E-state index in [4.69, 9.17) is 4.74 Å². The van der Waals surface area contributed by atoms with Crippen LogP contribution < -0.4 is 4.74 Å². The molecule has 18 heavy (non-hydrogen) atoms. The summed E-state index contributed by atoms with van der Waals surface area (Å²) in [6.07, 6.45) is 2.57. The second-order valence-corrected chi connectivity index (χ2v) is 4.98. The lowest BCUT2D eigenvalue weighted by Crippen LogP contribution is -2.03. The lowest BCUT2D eigenvalue weighted by Gasteiger charge is -2.14. The maximum Gasteiger partial charge on any atom is 0.137 e. The van der Waals surface area contributed by atoms with E-state index in [1.54, 1.807) is 25.6 Å². The van der Waals surface area contributed by atoms with Gasteiger partial charge in [0.2, 0.25) is 0 Å². The normalized spacial score (nSPS) is 12.2. The quantitative estimate of drug-likeness (QED) is 0.946. The Morgan fingerprint density at radius 3 is 2.72 bits per heavy atom. The Bertz CT molecular complexity index is 557. The average Bonchev–Trinajstić information content (AvgIpc) is 2.38. The molecule has 1 aromatic heterocycles. The van der Waals surface area contributed by atoms with Crippen LogP contribution in [0.2, 0.25) is 0 Å². The van der Waals surface area contributed by atoms with E-state index in [0.717, 1.165) is 21.2 Å². The molecule has 0 bridgehead atoms. The van der Waals surface area contributed by atoms with Gasteiger partial charge >= 0.3 is 0 Å². The largest absolute Gasteiger partial charge is 0.495 e. The number of halogens is 1. The van der Waals surface area contributed by atoms with Crippen molar-refractivity contribution in [2.45, 2.75) is 13.0 Å². The summed E-state index contributed by atoms with van der Waals surface area (Å²) in [6, 6.07) is 7.59. The van der Waals surface area contributed by atoms with Crippen molar-refractivity contribution < 1.29 is 9.84 Å². The lowest BCUT2D eigenvalue weighted by molar-refractivity contribution is 0.218. The number of aromatic nitrogens is 1. The van der Waals surface area contributed by atoms with Gasteiger partial charge in [0.15, 0.2) is 0 Å². The zero-order chi connectivity index (χ0) is 13.1. The smallest absolute Gasteiger partial charge is 0.137 e. The number of ether oxygens (including phenoxy) is 1. The highest BCUT2D eigenvalue weighted by molar-refractivity contribution is 9.10. The summed E-state index contributed by atoms with van der Waals surface area (Å²) < 4.78 is 6.11. The maximum atomic E-state index is 10.4. The Morgan fingerprint density at radius 2 is 2.06 bits per heavy atom. The first kappa shape index (κ1) is 13.1. The van der Waals surface area contributed by atoms with Gasteiger partial charge in [-0.3, -0.25) is 4.98 Å². The van der Waals surface area contributed by atoms with Crippen LogP contribution in [0.15, 0.2) is 41.1 Å². The molecule has 1 heterocycles. The third kappa shape index (κ3) is 2.71. The molecular weight excluding hydrogens is 294 g/mol. The van der Waals surface area contributed by atoms with Crippen LogP contribution >= 0.6 is 15.9 Å². The molecular formula is C14H14BrNO2. The minimum Gasteiger partial charge on any atom is -0.495 e. The summed E-state index contributed by atoms with van der Waals surface area (Å²) in [6.45, 7) is 1.97. The van der Waals surface area contributed by atoms with E-state index in [-0.39, 0.29) is 0 Å². The Morgan fingerprint density at radius 1 is 1.28 bits per heavy atom. The first-order valence-electron chi connectivity index (χ1n) is 5.55. The topological polar surface area (TPSA) is 42.4 Å². The molecule has 0 radical (unpaired) electrons. The van der Waals surface area contributed by atoms with E-state index < -0.39 is 6.10 Å². The lowest BCUT2D eigenvalue weighted by atomic mass is 9.99. The number of hydrogen-bond acceptors (Lipinski definition) is 3. The van der Waals surface area contributed by atoms with Gasteiger partial charge in [0.25, 0.3) is 0 Å². The van der Waals surface area contributed by atoms with Gasteiger partial charge in [0, 0.05) is 16.2 Å². The van der Waals surface area contributed by atoms with E-state index in [1.165, 1.54) is 0 Å². The van der Waals surface area contributed by atoms with Crippen molar-refractivity contribution in [3.05, 3.63) is 57.8 Å². The Kier molecular flexibility index (Phi) is 3.99. The van der Waals surface area contributed by atoms with Crippen molar-refractivity contribution in [2.75, 3.05) is 7.11 Å². The molecule has 1 atom stereocenters. The summed E-state index contributed by atoms with van der Waals surface area (Å²) in [5, 5.41) is 10.4. The van der Waals surface area contributed by atoms with Crippen LogP contribution in [0, 0.1) is 6.92 Å². The molecule has 0 saturated carbocycles. The fraction of sp³-hybridized carbons (Fsp3) is 0.214. The summed E-state index contributed by atoms with van der Waals surface area (Å²) in [4.78, 5) is 4.06. The van der Waals surface area contributed by atoms with Crippen LogP contribution in [0.3, 0.4) is 0 Å². The molecule has 0 amide bonds. The average molecular weight is 308 g/mol.